The summed E-state index contributed by atoms with van der Waals surface area (Å²) in [5, 5.41) is 3.07. The van der Waals surface area contributed by atoms with Gasteiger partial charge in [0.25, 0.3) is 5.91 Å². The number of nitrogens with two attached hydrogens (primary N) is 1. The lowest BCUT2D eigenvalue weighted by atomic mass is 10.2. The molecular formula is C14H21N3O2S2. The monoisotopic (exact) mass is 327 g/mol. The highest BCUT2D eigenvalue weighted by molar-refractivity contribution is 7.73. The molecule has 21 heavy (non-hydrogen) atoms. The van der Waals surface area contributed by atoms with E-state index in [2.05, 4.69) is 5.32 Å². The molecule has 0 spiro atoms. The van der Waals surface area contributed by atoms with E-state index in [1.54, 1.807) is 0 Å². The van der Waals surface area contributed by atoms with E-state index in [1.807, 2.05) is 4.57 Å². The fourth-order valence-electron chi connectivity index (χ4n) is 3.06. The maximum absolute atomic E-state index is 12.4. The van der Waals surface area contributed by atoms with E-state index in [-0.39, 0.29) is 12.0 Å². The van der Waals surface area contributed by atoms with Gasteiger partial charge in [-0.2, -0.15) is 0 Å². The van der Waals surface area contributed by atoms with Crippen LogP contribution in [0.1, 0.15) is 48.2 Å². The summed E-state index contributed by atoms with van der Waals surface area (Å²) in [5.74, 6) is 0.401. The Labute approximate surface area is 133 Å². The highest BCUT2D eigenvalue weighted by atomic mass is 32.1. The smallest absolute Gasteiger partial charge is 0.265 e. The molecule has 2 aliphatic rings. The summed E-state index contributed by atoms with van der Waals surface area (Å²) >= 11 is 6.66. The van der Waals surface area contributed by atoms with Gasteiger partial charge < -0.3 is 20.4 Å². The lowest BCUT2D eigenvalue weighted by Gasteiger charge is -2.13. The van der Waals surface area contributed by atoms with Crippen molar-refractivity contribution in [1.29, 1.82) is 0 Å². The first-order valence-electron chi connectivity index (χ1n) is 7.56. The van der Waals surface area contributed by atoms with Crippen LogP contribution in [0.5, 0.6) is 0 Å². The van der Waals surface area contributed by atoms with Crippen LogP contribution in [-0.4, -0.2) is 29.2 Å². The molecule has 2 fully saturated rings. The Morgan fingerprint density at radius 3 is 2.81 bits per heavy atom. The predicted octanol–water partition coefficient (Wildman–Crippen LogP) is 2.71. The minimum Gasteiger partial charge on any atom is -0.384 e. The lowest BCUT2D eigenvalue weighted by Crippen LogP contribution is -2.32. The second-order valence-corrected chi connectivity index (χ2v) is 7.43. The van der Waals surface area contributed by atoms with Gasteiger partial charge in [-0.15, -0.1) is 0 Å². The number of amides is 1. The fourth-order valence-corrected chi connectivity index (χ4v) is 4.31. The first kappa shape index (κ1) is 15.0. The number of carbonyl (C=O) groups excluding carboxylic acids is 1. The van der Waals surface area contributed by atoms with Gasteiger partial charge in [0, 0.05) is 12.6 Å². The molecule has 1 aromatic heterocycles. The molecule has 0 bridgehead atoms. The van der Waals surface area contributed by atoms with Gasteiger partial charge in [0.05, 0.1) is 12.6 Å². The normalized spacial score (nSPS) is 22.8. The summed E-state index contributed by atoms with van der Waals surface area (Å²) in [5.41, 5.74) is 6.15. The van der Waals surface area contributed by atoms with Gasteiger partial charge in [0.2, 0.25) is 0 Å². The fraction of sp³-hybridized carbons (Fsp3) is 0.714. The summed E-state index contributed by atoms with van der Waals surface area (Å²) in [6, 6.07) is 0.291. The van der Waals surface area contributed by atoms with Gasteiger partial charge in [-0.05, 0) is 37.9 Å². The minimum atomic E-state index is -0.0819. The summed E-state index contributed by atoms with van der Waals surface area (Å²) in [7, 11) is 0. The number of rotatable bonds is 4. The van der Waals surface area contributed by atoms with Crippen LogP contribution in [0.25, 0.3) is 0 Å². The number of nitrogens with zero attached hydrogens (tertiary/aromatic N) is 1. The van der Waals surface area contributed by atoms with E-state index in [4.69, 9.17) is 22.7 Å². The molecule has 1 aromatic rings. The molecule has 3 N–H and O–H groups in total. The van der Waals surface area contributed by atoms with Crippen LogP contribution >= 0.6 is 23.6 Å². The van der Waals surface area contributed by atoms with Gasteiger partial charge >= 0.3 is 0 Å². The zero-order chi connectivity index (χ0) is 14.8. The molecule has 1 aliphatic heterocycles. The van der Waals surface area contributed by atoms with Crippen molar-refractivity contribution in [2.75, 3.05) is 12.3 Å². The Kier molecular flexibility index (Phi) is 4.61. The van der Waals surface area contributed by atoms with Crippen LogP contribution in [0, 0.1) is 3.95 Å². The van der Waals surface area contributed by atoms with Crippen LogP contribution in [-0.2, 0) is 11.3 Å². The maximum atomic E-state index is 12.4. The number of carbonyl (C=O) groups is 1. The molecular weight excluding hydrogens is 306 g/mol. The minimum absolute atomic E-state index is 0.0819. The molecule has 5 nitrogen and oxygen atoms in total. The average Bonchev–Trinajstić information content (AvgIpc) is 3.17. The second-order valence-electron chi connectivity index (χ2n) is 5.78. The van der Waals surface area contributed by atoms with Crippen molar-refractivity contribution in [2.24, 2.45) is 0 Å². The Hall–Kier alpha value is -0.920. The number of anilines is 1. The number of ether oxygens (including phenoxy) is 1. The second kappa shape index (κ2) is 6.46. The van der Waals surface area contributed by atoms with Crippen LogP contribution in [0.15, 0.2) is 0 Å². The van der Waals surface area contributed by atoms with Gasteiger partial charge in [-0.1, -0.05) is 24.2 Å². The Morgan fingerprint density at radius 1 is 1.38 bits per heavy atom. The van der Waals surface area contributed by atoms with Gasteiger partial charge in [-0.25, -0.2) is 0 Å². The van der Waals surface area contributed by atoms with Gasteiger partial charge in [0.15, 0.2) is 3.95 Å². The van der Waals surface area contributed by atoms with E-state index in [9.17, 15) is 4.79 Å². The molecule has 1 aliphatic carbocycles. The molecule has 3 rings (SSSR count). The largest absolute Gasteiger partial charge is 0.384 e. The van der Waals surface area contributed by atoms with Crippen molar-refractivity contribution in [3.63, 3.8) is 0 Å². The van der Waals surface area contributed by atoms with Gasteiger partial charge in [-0.3, -0.25) is 4.79 Å². The maximum Gasteiger partial charge on any atom is 0.265 e. The molecule has 1 atom stereocenters. The highest BCUT2D eigenvalue weighted by Gasteiger charge is 2.24. The van der Waals surface area contributed by atoms with Crippen LogP contribution in [0.3, 0.4) is 0 Å². The zero-order valence-corrected chi connectivity index (χ0v) is 13.6. The average molecular weight is 327 g/mol. The highest BCUT2D eigenvalue weighted by Crippen LogP contribution is 2.26. The first-order valence-corrected chi connectivity index (χ1v) is 8.79. The number of hydrogen-bond donors (Lipinski definition) is 2. The molecule has 1 saturated carbocycles. The van der Waals surface area contributed by atoms with E-state index >= 15 is 0 Å². The van der Waals surface area contributed by atoms with Crippen molar-refractivity contribution in [3.8, 4) is 0 Å². The Bertz CT molecular complexity index is 569. The van der Waals surface area contributed by atoms with Crippen molar-refractivity contribution in [2.45, 2.75) is 57.2 Å². The van der Waals surface area contributed by atoms with Gasteiger partial charge in [0.1, 0.15) is 10.7 Å². The number of thiazole rings is 1. The van der Waals surface area contributed by atoms with Crippen molar-refractivity contribution in [1.82, 2.24) is 9.88 Å². The third kappa shape index (κ3) is 3.30. The molecule has 7 heteroatoms. The van der Waals surface area contributed by atoms with E-state index < -0.39 is 0 Å². The first-order chi connectivity index (χ1) is 10.1. The molecule has 1 saturated heterocycles. The molecule has 1 amide bonds. The van der Waals surface area contributed by atoms with Crippen molar-refractivity contribution < 1.29 is 9.53 Å². The molecule has 2 heterocycles. The number of hydrogen-bond acceptors (Lipinski definition) is 5. The third-order valence-corrected chi connectivity index (χ3v) is 5.70. The van der Waals surface area contributed by atoms with Crippen LogP contribution in [0.4, 0.5) is 5.82 Å². The summed E-state index contributed by atoms with van der Waals surface area (Å²) in [6.45, 7) is 1.45. The van der Waals surface area contributed by atoms with E-state index in [0.29, 0.717) is 27.2 Å². The molecule has 0 aromatic carbocycles. The molecule has 116 valence electrons. The van der Waals surface area contributed by atoms with E-state index in [1.165, 1.54) is 24.2 Å². The van der Waals surface area contributed by atoms with Crippen molar-refractivity contribution in [3.05, 3.63) is 8.83 Å². The summed E-state index contributed by atoms with van der Waals surface area (Å²) in [4.78, 5) is 12.9. The number of nitrogen functional groups attached to an aromatic ring is 1. The third-order valence-electron chi connectivity index (χ3n) is 4.24. The standard InChI is InChI=1S/C14H21N3O2S2/c15-12-11(13(18)16-9-4-1-2-5-9)21-14(20)17(12)8-10-6-3-7-19-10/h9-10H,1-8,15H2,(H,16,18)/t10-/m0/s1. The number of nitrogens with one attached hydrogen (secondary N) is 1. The molecule has 0 unspecified atom stereocenters. The predicted molar refractivity (Wildman–Crippen MR) is 86.3 cm³/mol. The Morgan fingerprint density at radius 2 is 2.14 bits per heavy atom. The van der Waals surface area contributed by atoms with E-state index in [0.717, 1.165) is 32.3 Å². The lowest BCUT2D eigenvalue weighted by molar-refractivity contribution is 0.0935. The van der Waals surface area contributed by atoms with Crippen molar-refractivity contribution >= 4 is 35.3 Å². The quantitative estimate of drug-likeness (QED) is 0.834. The summed E-state index contributed by atoms with van der Waals surface area (Å²) in [6.07, 6.45) is 6.78. The van der Waals surface area contributed by atoms with Crippen LogP contribution in [0.2, 0.25) is 0 Å². The topological polar surface area (TPSA) is 69.3 Å². The summed E-state index contributed by atoms with van der Waals surface area (Å²) < 4.78 is 8.12. The zero-order valence-electron chi connectivity index (χ0n) is 12.0. The Balaban J connectivity index is 1.73. The molecule has 0 radical (unpaired) electrons. The number of aromatic nitrogens is 1. The SMILES string of the molecule is Nc1c(C(=O)NC2CCCC2)sc(=S)n1C[C@@H]1CCCO1. The van der Waals surface area contributed by atoms with Crippen LogP contribution < -0.4 is 11.1 Å².